The summed E-state index contributed by atoms with van der Waals surface area (Å²) in [7, 11) is -1.28. The Balaban J connectivity index is 0.000000299. The molecule has 0 atom stereocenters. The molecule has 0 spiro atoms. The third kappa shape index (κ3) is 9.82. The summed E-state index contributed by atoms with van der Waals surface area (Å²) in [5, 5.41) is 0. The van der Waals surface area contributed by atoms with E-state index in [2.05, 4.69) is 25.8 Å². The highest BCUT2D eigenvalue weighted by Crippen LogP contribution is 2.40. The maximum atomic E-state index is 11.2. The zero-order valence-corrected chi connectivity index (χ0v) is 17.8. The molecule has 1 heterocycles. The molecule has 0 saturated carbocycles. The van der Waals surface area contributed by atoms with Gasteiger partial charge in [-0.1, -0.05) is 26.8 Å². The lowest BCUT2D eigenvalue weighted by atomic mass is 10.0. The number of nitrogens with zero attached hydrogens (tertiary/aromatic N) is 1. The summed E-state index contributed by atoms with van der Waals surface area (Å²) < 4.78 is 15.5. The van der Waals surface area contributed by atoms with Crippen molar-refractivity contribution in [1.29, 1.82) is 0 Å². The van der Waals surface area contributed by atoms with Gasteiger partial charge in [0.25, 0.3) is 0 Å². The molecule has 1 aromatic heterocycles. The van der Waals surface area contributed by atoms with Crippen molar-refractivity contribution in [2.24, 2.45) is 5.41 Å². The van der Waals surface area contributed by atoms with Gasteiger partial charge in [0.05, 0.1) is 22.3 Å². The minimum absolute atomic E-state index is 0.138. The summed E-state index contributed by atoms with van der Waals surface area (Å²) >= 11 is 1.63. The van der Waals surface area contributed by atoms with Crippen LogP contribution < -0.4 is 0 Å². The lowest BCUT2D eigenvalue weighted by Gasteiger charge is -2.31. The van der Waals surface area contributed by atoms with Crippen molar-refractivity contribution in [1.82, 2.24) is 4.98 Å². The molecule has 0 aliphatic rings. The number of rotatable bonds is 5. The summed E-state index contributed by atoms with van der Waals surface area (Å²) in [6.07, 6.45) is 5.01. The van der Waals surface area contributed by atoms with Gasteiger partial charge in [-0.3, -0.25) is 4.79 Å². The number of fused-ring (bicyclic) bond motifs is 1. The van der Waals surface area contributed by atoms with E-state index in [1.165, 1.54) is 4.70 Å². The van der Waals surface area contributed by atoms with Crippen LogP contribution in [0.25, 0.3) is 10.2 Å². The van der Waals surface area contributed by atoms with E-state index in [-0.39, 0.29) is 11.4 Å². The van der Waals surface area contributed by atoms with Crippen LogP contribution in [-0.4, -0.2) is 40.4 Å². The van der Waals surface area contributed by atoms with Gasteiger partial charge in [0.1, 0.15) is 0 Å². The third-order valence-corrected chi connectivity index (χ3v) is 5.49. The minimum atomic E-state index is -1.28. The fourth-order valence-corrected chi connectivity index (χ4v) is 5.38. The van der Waals surface area contributed by atoms with Crippen LogP contribution in [0.3, 0.4) is 0 Å². The first-order valence-electron chi connectivity index (χ1n) is 8.41. The van der Waals surface area contributed by atoms with Crippen LogP contribution in [-0.2, 0) is 16.0 Å². The van der Waals surface area contributed by atoms with E-state index in [4.69, 9.17) is 4.74 Å². The molecule has 0 amide bonds. The Bertz CT molecular complexity index is 657. The molecule has 0 radical (unpaired) electrons. The summed E-state index contributed by atoms with van der Waals surface area (Å²) in [5.41, 5.74) is 4.24. The fraction of sp³-hybridized carbons (Fsp3) is 0.579. The Morgan fingerprint density at radius 3 is 2.52 bits per heavy atom. The Morgan fingerprint density at radius 2 is 2.00 bits per heavy atom. The smallest absolute Gasteiger partial charge is 0.306 e. The molecular weight excluding hydrogens is 354 g/mol. The predicted octanol–water partition coefficient (Wildman–Crippen LogP) is 5.36. The van der Waals surface area contributed by atoms with Gasteiger partial charge in [0.2, 0.25) is 0 Å². The molecule has 0 fully saturated rings. The zero-order chi connectivity index (χ0) is 19.1. The number of thiazole rings is 1. The van der Waals surface area contributed by atoms with Crippen LogP contribution in [0.5, 0.6) is 0 Å². The van der Waals surface area contributed by atoms with Crippen LogP contribution >= 0.6 is 21.6 Å². The van der Waals surface area contributed by atoms with Crippen molar-refractivity contribution >= 4 is 37.8 Å². The van der Waals surface area contributed by atoms with Crippen LogP contribution in [0.4, 0.5) is 0 Å². The highest BCUT2D eigenvalue weighted by Gasteiger charge is 2.18. The first kappa shape index (κ1) is 21.9. The highest BCUT2D eigenvalue weighted by atomic mass is 32.3. The maximum Gasteiger partial charge on any atom is 0.306 e. The van der Waals surface area contributed by atoms with Crippen molar-refractivity contribution in [2.45, 2.75) is 40.5 Å². The first-order valence-corrected chi connectivity index (χ1v) is 11.9. The van der Waals surface area contributed by atoms with E-state index < -0.39 is 10.3 Å². The van der Waals surface area contributed by atoms with Crippen LogP contribution in [0, 0.1) is 5.41 Å². The number of hydrogen-bond acceptors (Lipinski definition) is 5. The van der Waals surface area contributed by atoms with E-state index in [1.54, 1.807) is 11.3 Å². The first-order chi connectivity index (χ1) is 11.5. The van der Waals surface area contributed by atoms with Gasteiger partial charge in [-0.25, -0.2) is 4.98 Å². The minimum Gasteiger partial charge on any atom is -0.466 e. The lowest BCUT2D eigenvalue weighted by molar-refractivity contribution is -0.143. The van der Waals surface area contributed by atoms with E-state index >= 15 is 0 Å². The van der Waals surface area contributed by atoms with Gasteiger partial charge in [0.15, 0.2) is 0 Å². The van der Waals surface area contributed by atoms with Crippen molar-refractivity contribution in [3.63, 3.8) is 0 Å². The monoisotopic (exact) mass is 385 g/mol. The summed E-state index contributed by atoms with van der Waals surface area (Å²) in [6, 6.07) is 6.12. The molecule has 25 heavy (non-hydrogen) atoms. The standard InChI is InChI=1S/C12H13NO2S.C7H18OS/c1-2-15-12(14)6-4-9-3-5-11-10(7-9)13-8-16-11;1-7(2,3)6-9(4,5)8/h3,5,7-8H,2,4,6H2,1H3;8H,6H2,1-5H3. The number of ether oxygens (including phenoxy) is 1. The molecule has 0 bridgehead atoms. The van der Waals surface area contributed by atoms with Crippen molar-refractivity contribution in [2.75, 3.05) is 24.9 Å². The summed E-state index contributed by atoms with van der Waals surface area (Å²) in [4.78, 5) is 15.4. The molecular formula is C19H31NO3S2. The SMILES string of the molecule is CC(C)(C)CS(C)(C)O.CCOC(=O)CCc1ccc2scnc2c1. The normalized spacial score (nSPS) is 12.4. The topological polar surface area (TPSA) is 59.4 Å². The van der Waals surface area contributed by atoms with E-state index in [9.17, 15) is 9.35 Å². The number of benzene rings is 1. The quantitative estimate of drug-likeness (QED) is 0.704. The van der Waals surface area contributed by atoms with Crippen molar-refractivity contribution in [3.8, 4) is 0 Å². The zero-order valence-electron chi connectivity index (χ0n) is 16.2. The molecule has 4 nitrogen and oxygen atoms in total. The average Bonchev–Trinajstić information content (AvgIpc) is 2.89. The maximum absolute atomic E-state index is 11.2. The second-order valence-corrected chi connectivity index (χ2v) is 11.8. The molecule has 2 aromatic rings. The van der Waals surface area contributed by atoms with E-state index in [0.29, 0.717) is 19.4 Å². The Labute approximate surface area is 157 Å². The van der Waals surface area contributed by atoms with Gasteiger partial charge in [-0.05, 0) is 49.0 Å². The Morgan fingerprint density at radius 1 is 1.32 bits per heavy atom. The number of aryl methyl sites for hydroxylation is 1. The van der Waals surface area contributed by atoms with Crippen LogP contribution in [0.15, 0.2) is 23.7 Å². The van der Waals surface area contributed by atoms with E-state index in [1.807, 2.05) is 43.1 Å². The summed E-state index contributed by atoms with van der Waals surface area (Å²) in [5.74, 6) is 0.792. The molecule has 6 heteroatoms. The van der Waals surface area contributed by atoms with Gasteiger partial charge in [-0.2, -0.15) is 0 Å². The number of aromatic nitrogens is 1. The fourth-order valence-electron chi connectivity index (χ4n) is 2.60. The van der Waals surface area contributed by atoms with Gasteiger partial charge in [-0.15, -0.1) is 21.6 Å². The van der Waals surface area contributed by atoms with Gasteiger partial charge in [0, 0.05) is 12.2 Å². The molecule has 0 aliphatic heterocycles. The molecule has 1 N–H and O–H groups in total. The predicted molar refractivity (Wildman–Crippen MR) is 111 cm³/mol. The summed E-state index contributed by atoms with van der Waals surface area (Å²) in [6.45, 7) is 8.72. The van der Waals surface area contributed by atoms with E-state index in [0.717, 1.165) is 16.8 Å². The second kappa shape index (κ2) is 9.55. The molecule has 0 saturated heterocycles. The Hall–Kier alpha value is -1.11. The molecule has 0 unspecified atom stereocenters. The third-order valence-electron chi connectivity index (χ3n) is 3.10. The Kier molecular flexibility index (Phi) is 8.38. The lowest BCUT2D eigenvalue weighted by Crippen LogP contribution is -2.16. The van der Waals surface area contributed by atoms with Gasteiger partial charge >= 0.3 is 5.97 Å². The molecule has 1 aromatic carbocycles. The van der Waals surface area contributed by atoms with Gasteiger partial charge < -0.3 is 9.29 Å². The molecule has 0 aliphatic carbocycles. The van der Waals surface area contributed by atoms with Crippen LogP contribution in [0.2, 0.25) is 0 Å². The number of hydrogen-bond donors (Lipinski definition) is 1. The number of carbonyl (C=O) groups excluding carboxylic acids is 1. The number of esters is 1. The molecule has 142 valence electrons. The average molecular weight is 386 g/mol. The molecule has 2 rings (SSSR count). The van der Waals surface area contributed by atoms with Crippen molar-refractivity contribution in [3.05, 3.63) is 29.3 Å². The second-order valence-electron chi connectivity index (χ2n) is 7.64. The largest absolute Gasteiger partial charge is 0.466 e. The van der Waals surface area contributed by atoms with Crippen LogP contribution in [0.1, 0.15) is 39.7 Å². The highest BCUT2D eigenvalue weighted by molar-refractivity contribution is 8.28. The van der Waals surface area contributed by atoms with Crippen molar-refractivity contribution < 1.29 is 14.1 Å². The number of carbonyl (C=O) groups is 1.